The third kappa shape index (κ3) is 3.83. The molecule has 23 heavy (non-hydrogen) atoms. The van der Waals surface area contributed by atoms with Crippen molar-refractivity contribution in [3.05, 3.63) is 52.3 Å². The van der Waals surface area contributed by atoms with E-state index in [1.54, 1.807) is 6.07 Å². The average Bonchev–Trinajstić information content (AvgIpc) is 2.49. The van der Waals surface area contributed by atoms with Crippen LogP contribution in [-0.2, 0) is 6.54 Å². The summed E-state index contributed by atoms with van der Waals surface area (Å²) in [7, 11) is 0. The molecule has 1 saturated heterocycles. The highest BCUT2D eigenvalue weighted by Crippen LogP contribution is 2.28. The van der Waals surface area contributed by atoms with Crippen LogP contribution in [0.3, 0.4) is 0 Å². The van der Waals surface area contributed by atoms with Crippen molar-refractivity contribution in [1.29, 1.82) is 0 Å². The number of hydrogen-bond donors (Lipinski definition) is 1. The van der Waals surface area contributed by atoms with E-state index in [4.69, 9.17) is 10.5 Å². The molecule has 8 heteroatoms. The van der Waals surface area contributed by atoms with Gasteiger partial charge in [0.1, 0.15) is 23.4 Å². The van der Waals surface area contributed by atoms with Gasteiger partial charge < -0.3 is 10.5 Å². The van der Waals surface area contributed by atoms with E-state index in [1.165, 1.54) is 24.5 Å². The van der Waals surface area contributed by atoms with Crippen molar-refractivity contribution in [2.75, 3.05) is 13.1 Å². The fraction of sp³-hybridized carbons (Fsp3) is 0.267. The monoisotopic (exact) mass is 380 g/mol. The molecular weight excluding hydrogens is 367 g/mol. The first-order chi connectivity index (χ1) is 11.0. The Balaban J connectivity index is 1.51. The highest BCUT2D eigenvalue weighted by molar-refractivity contribution is 9.10. The average molecular weight is 381 g/mol. The normalized spacial score (nSPS) is 15.2. The van der Waals surface area contributed by atoms with E-state index < -0.39 is 5.91 Å². The van der Waals surface area contributed by atoms with Crippen LogP contribution in [0.25, 0.3) is 0 Å². The van der Waals surface area contributed by atoms with E-state index >= 15 is 0 Å². The maximum atomic E-state index is 13.2. The van der Waals surface area contributed by atoms with Crippen LogP contribution in [0.4, 0.5) is 4.39 Å². The second-order valence-corrected chi connectivity index (χ2v) is 6.12. The SMILES string of the molecule is NC(=O)c1cnc(CN2CC(Oc3cc(F)ccc3Br)C2)cn1. The standard InChI is InChI=1S/C15H14BrFN4O2/c16-12-2-1-9(17)3-14(12)23-11-7-21(8-11)6-10-4-20-13(5-19-10)15(18)22/h1-5,11H,6-8H2,(H2,18,22). The van der Waals surface area contributed by atoms with Gasteiger partial charge in [0.2, 0.25) is 0 Å². The number of rotatable bonds is 5. The number of nitrogens with two attached hydrogens (primary N) is 1. The molecule has 0 unspecified atom stereocenters. The Morgan fingerprint density at radius 3 is 2.83 bits per heavy atom. The first-order valence-electron chi connectivity index (χ1n) is 6.96. The minimum atomic E-state index is -0.595. The number of likely N-dealkylation sites (tertiary alicyclic amines) is 1. The molecule has 1 amide bonds. The minimum Gasteiger partial charge on any atom is -0.486 e. The molecule has 0 bridgehead atoms. The molecule has 1 fully saturated rings. The highest BCUT2D eigenvalue weighted by atomic mass is 79.9. The summed E-state index contributed by atoms with van der Waals surface area (Å²) in [6.45, 7) is 2.03. The van der Waals surface area contributed by atoms with Crippen molar-refractivity contribution in [2.45, 2.75) is 12.6 Å². The van der Waals surface area contributed by atoms with Crippen molar-refractivity contribution in [1.82, 2.24) is 14.9 Å². The Morgan fingerprint density at radius 2 is 2.17 bits per heavy atom. The molecule has 2 heterocycles. The number of hydrogen-bond acceptors (Lipinski definition) is 5. The third-order valence-corrected chi connectivity index (χ3v) is 4.11. The lowest BCUT2D eigenvalue weighted by Crippen LogP contribution is -2.53. The fourth-order valence-electron chi connectivity index (χ4n) is 2.27. The van der Waals surface area contributed by atoms with Crippen LogP contribution in [0.5, 0.6) is 5.75 Å². The van der Waals surface area contributed by atoms with Crippen LogP contribution < -0.4 is 10.5 Å². The summed E-state index contributed by atoms with van der Waals surface area (Å²) in [6.07, 6.45) is 2.91. The molecule has 2 N–H and O–H groups in total. The van der Waals surface area contributed by atoms with Crippen molar-refractivity contribution in [3.8, 4) is 5.75 Å². The van der Waals surface area contributed by atoms with Gasteiger partial charge in [0.25, 0.3) is 5.91 Å². The molecule has 0 spiro atoms. The summed E-state index contributed by atoms with van der Waals surface area (Å²) < 4.78 is 19.7. The summed E-state index contributed by atoms with van der Waals surface area (Å²) in [5.41, 5.74) is 6.02. The van der Waals surface area contributed by atoms with E-state index in [-0.39, 0.29) is 17.6 Å². The number of halogens is 2. The van der Waals surface area contributed by atoms with Gasteiger partial charge in [-0.2, -0.15) is 0 Å². The Hall–Kier alpha value is -2.06. The summed E-state index contributed by atoms with van der Waals surface area (Å²) in [4.78, 5) is 21.2. The summed E-state index contributed by atoms with van der Waals surface area (Å²) >= 11 is 3.34. The molecule has 0 atom stereocenters. The van der Waals surface area contributed by atoms with Gasteiger partial charge in [0.05, 0.1) is 22.6 Å². The molecule has 2 aromatic rings. The Kier molecular flexibility index (Phi) is 4.53. The molecule has 6 nitrogen and oxygen atoms in total. The van der Waals surface area contributed by atoms with E-state index in [0.29, 0.717) is 25.4 Å². The van der Waals surface area contributed by atoms with Gasteiger partial charge in [-0.05, 0) is 28.1 Å². The molecule has 1 aliphatic heterocycles. The van der Waals surface area contributed by atoms with Gasteiger partial charge in [-0.3, -0.25) is 14.7 Å². The third-order valence-electron chi connectivity index (χ3n) is 3.45. The van der Waals surface area contributed by atoms with Gasteiger partial charge in [0.15, 0.2) is 0 Å². The van der Waals surface area contributed by atoms with Gasteiger partial charge in [-0.15, -0.1) is 0 Å². The van der Waals surface area contributed by atoms with E-state index in [2.05, 4.69) is 30.8 Å². The van der Waals surface area contributed by atoms with Crippen molar-refractivity contribution in [2.24, 2.45) is 5.73 Å². The molecule has 0 saturated carbocycles. The van der Waals surface area contributed by atoms with E-state index in [0.717, 1.165) is 10.2 Å². The topological polar surface area (TPSA) is 81.3 Å². The van der Waals surface area contributed by atoms with Crippen molar-refractivity contribution in [3.63, 3.8) is 0 Å². The summed E-state index contributed by atoms with van der Waals surface area (Å²) in [6, 6.07) is 4.36. The predicted octanol–water partition coefficient (Wildman–Crippen LogP) is 1.74. The minimum absolute atomic E-state index is 0.00551. The van der Waals surface area contributed by atoms with Gasteiger partial charge in [-0.25, -0.2) is 9.37 Å². The molecule has 1 aromatic heterocycles. The molecule has 1 aliphatic rings. The zero-order valence-corrected chi connectivity index (χ0v) is 13.7. The zero-order valence-electron chi connectivity index (χ0n) is 12.1. The number of carbonyl (C=O) groups is 1. The maximum absolute atomic E-state index is 13.2. The number of ether oxygens (including phenoxy) is 1. The maximum Gasteiger partial charge on any atom is 0.268 e. The molecular formula is C15H14BrFN4O2. The summed E-state index contributed by atoms with van der Waals surface area (Å²) in [5, 5.41) is 0. The molecule has 3 rings (SSSR count). The number of amides is 1. The lowest BCUT2D eigenvalue weighted by atomic mass is 10.1. The largest absolute Gasteiger partial charge is 0.486 e. The number of benzene rings is 1. The van der Waals surface area contributed by atoms with Gasteiger partial charge in [-0.1, -0.05) is 0 Å². The second kappa shape index (κ2) is 6.59. The summed E-state index contributed by atoms with van der Waals surface area (Å²) in [5.74, 6) is -0.424. The van der Waals surface area contributed by atoms with E-state index in [1.807, 2.05) is 0 Å². The zero-order chi connectivity index (χ0) is 16.4. The molecule has 0 aliphatic carbocycles. The van der Waals surface area contributed by atoms with E-state index in [9.17, 15) is 9.18 Å². The molecule has 1 aromatic carbocycles. The van der Waals surface area contributed by atoms with Crippen LogP contribution in [0.2, 0.25) is 0 Å². The highest BCUT2D eigenvalue weighted by Gasteiger charge is 2.29. The van der Waals surface area contributed by atoms with Crippen molar-refractivity contribution < 1.29 is 13.9 Å². The number of primary amides is 1. The van der Waals surface area contributed by atoms with Crippen LogP contribution in [-0.4, -0.2) is 40.0 Å². The Bertz CT molecular complexity index is 720. The van der Waals surface area contributed by atoms with Crippen LogP contribution in [0, 0.1) is 5.82 Å². The van der Waals surface area contributed by atoms with Crippen LogP contribution in [0.15, 0.2) is 35.1 Å². The molecule has 0 radical (unpaired) electrons. The Morgan fingerprint density at radius 1 is 1.39 bits per heavy atom. The predicted molar refractivity (Wildman–Crippen MR) is 84.3 cm³/mol. The van der Waals surface area contributed by atoms with Gasteiger partial charge >= 0.3 is 0 Å². The van der Waals surface area contributed by atoms with Gasteiger partial charge in [0, 0.05) is 25.7 Å². The van der Waals surface area contributed by atoms with Crippen LogP contribution >= 0.6 is 15.9 Å². The van der Waals surface area contributed by atoms with Crippen LogP contribution in [0.1, 0.15) is 16.2 Å². The molecule has 120 valence electrons. The van der Waals surface area contributed by atoms with Crippen molar-refractivity contribution >= 4 is 21.8 Å². The first kappa shape index (κ1) is 15.8. The first-order valence-corrected chi connectivity index (χ1v) is 7.75. The number of carbonyl (C=O) groups excluding carboxylic acids is 1. The second-order valence-electron chi connectivity index (χ2n) is 5.27. The Labute approximate surface area is 140 Å². The lowest BCUT2D eigenvalue weighted by molar-refractivity contribution is 0.0131. The fourth-order valence-corrected chi connectivity index (χ4v) is 2.61. The lowest BCUT2D eigenvalue weighted by Gasteiger charge is -2.38. The smallest absolute Gasteiger partial charge is 0.268 e. The number of aromatic nitrogens is 2. The quantitative estimate of drug-likeness (QED) is 0.854. The number of nitrogens with zero attached hydrogens (tertiary/aromatic N) is 3.